The second-order valence-electron chi connectivity index (χ2n) is 8.13. The van der Waals surface area contributed by atoms with Crippen molar-refractivity contribution < 1.29 is 32.4 Å². The Balaban J connectivity index is 2.20. The van der Waals surface area contributed by atoms with Gasteiger partial charge in [0.25, 0.3) is 5.91 Å². The number of benzene rings is 2. The minimum atomic E-state index is -1.22. The van der Waals surface area contributed by atoms with Gasteiger partial charge in [0.2, 0.25) is 6.54 Å². The first kappa shape index (κ1) is 30.1. The van der Waals surface area contributed by atoms with Crippen molar-refractivity contribution in [2.45, 2.75) is 13.5 Å². The summed E-state index contributed by atoms with van der Waals surface area (Å²) in [6, 6.07) is 5.59. The minimum Gasteiger partial charge on any atom is -0.494 e. The van der Waals surface area contributed by atoms with Crippen LogP contribution in [0.4, 0.5) is 23.7 Å². The number of anilines is 1. The van der Waals surface area contributed by atoms with E-state index in [-0.39, 0.29) is 16.8 Å². The predicted molar refractivity (Wildman–Crippen MR) is 144 cm³/mol. The van der Waals surface area contributed by atoms with E-state index in [1.165, 1.54) is 37.5 Å². The Kier molecular flexibility index (Phi) is 9.82. The summed E-state index contributed by atoms with van der Waals surface area (Å²) < 4.78 is 49.3. The number of imide groups is 1. The van der Waals surface area contributed by atoms with Gasteiger partial charge in [-0.05, 0) is 43.3 Å². The first-order valence-electron chi connectivity index (χ1n) is 11.6. The average Bonchev–Trinajstić information content (AvgIpc) is 2.91. The number of nitrogens with zero attached hydrogens (tertiary/aromatic N) is 3. The van der Waals surface area contributed by atoms with E-state index in [1.54, 1.807) is 6.92 Å². The second kappa shape index (κ2) is 13.1. The zero-order chi connectivity index (χ0) is 29.6. The number of alkyl halides is 1. The van der Waals surface area contributed by atoms with E-state index in [0.29, 0.717) is 15.5 Å². The van der Waals surface area contributed by atoms with Crippen molar-refractivity contribution in [3.63, 3.8) is 0 Å². The summed E-state index contributed by atoms with van der Waals surface area (Å²) in [6.07, 6.45) is 4.16. The van der Waals surface area contributed by atoms with Crippen molar-refractivity contribution in [1.82, 2.24) is 10.2 Å². The molecular weight excluding hydrogens is 599 g/mol. The van der Waals surface area contributed by atoms with Crippen LogP contribution < -0.4 is 15.0 Å². The highest BCUT2D eigenvalue weighted by Crippen LogP contribution is 2.33. The Morgan fingerprint density at radius 1 is 1.18 bits per heavy atom. The van der Waals surface area contributed by atoms with Crippen LogP contribution in [0.5, 0.6) is 5.75 Å². The fourth-order valence-corrected chi connectivity index (χ4v) is 4.19. The maximum absolute atomic E-state index is 15.3. The van der Waals surface area contributed by atoms with Crippen LogP contribution in [0.3, 0.4) is 0 Å². The predicted octanol–water partition coefficient (Wildman–Crippen LogP) is 5.03. The number of rotatable bonds is 10. The van der Waals surface area contributed by atoms with Crippen molar-refractivity contribution in [3.8, 4) is 5.75 Å². The minimum absolute atomic E-state index is 0.0219. The van der Waals surface area contributed by atoms with E-state index < -0.39 is 70.1 Å². The fourth-order valence-electron chi connectivity index (χ4n) is 3.77. The molecule has 0 saturated carbocycles. The fraction of sp³-hybridized carbons (Fsp3) is 0.192. The molecule has 10 nitrogen and oxygen atoms in total. The van der Waals surface area contributed by atoms with Gasteiger partial charge in [-0.15, -0.1) is 0 Å². The maximum atomic E-state index is 15.3. The van der Waals surface area contributed by atoms with E-state index >= 15 is 4.39 Å². The van der Waals surface area contributed by atoms with Gasteiger partial charge in [-0.3, -0.25) is 25.2 Å². The largest absolute Gasteiger partial charge is 0.494 e. The molecular formula is C26H23BrF3N5O5. The zero-order valence-corrected chi connectivity index (χ0v) is 22.8. The summed E-state index contributed by atoms with van der Waals surface area (Å²) in [4.78, 5) is 38.5. The van der Waals surface area contributed by atoms with Gasteiger partial charge in [0.05, 0.1) is 19.3 Å². The summed E-state index contributed by atoms with van der Waals surface area (Å²) in [5, 5.41) is 22.2. The number of hydrogen-bond acceptors (Lipinski definition) is 7. The van der Waals surface area contributed by atoms with Crippen molar-refractivity contribution in [2.24, 2.45) is 0 Å². The van der Waals surface area contributed by atoms with Crippen LogP contribution in [0.2, 0.25) is 0 Å². The standard InChI is InChI=1S/C26H23BrF3N5O5/c1-3-15(7-6-12-34(38)39)32-19(13-27)22-24(31)33(14-16-17(28)8-4-9-18(16)29)26(37)35(25(22)36)20-10-5-11-21(40-2)23(20)30/h3-11,31-32H,12-14H2,1-2H3/b7-6-,15-3+,22-19+,31-24?. The molecule has 0 atom stereocenters. The number of carbonyl (C=O) groups is 2. The molecule has 0 unspecified atom stereocenters. The first-order chi connectivity index (χ1) is 19.0. The molecule has 1 heterocycles. The molecule has 3 amide bonds. The molecule has 0 aromatic heterocycles. The molecule has 2 aromatic carbocycles. The number of hydrogen-bond donors (Lipinski definition) is 2. The molecule has 1 saturated heterocycles. The number of amidine groups is 1. The molecule has 2 N–H and O–H groups in total. The highest BCUT2D eigenvalue weighted by molar-refractivity contribution is 9.09. The number of carbonyl (C=O) groups excluding carboxylic acids is 2. The number of allylic oxidation sites excluding steroid dienone is 3. The smallest absolute Gasteiger partial charge is 0.337 e. The normalized spacial score (nSPS) is 15.7. The SMILES string of the molecule is C/C=C(\C=C/C[N+](=O)[O-])N/C(CBr)=C1\C(=N)N(Cc2c(F)cccc2F)C(=O)N(c2cccc(OC)c2F)C1=O. The number of halogens is 4. The van der Waals surface area contributed by atoms with Crippen LogP contribution in [0, 0.1) is 33.0 Å². The van der Waals surface area contributed by atoms with Crippen LogP contribution in [0.1, 0.15) is 12.5 Å². The third-order valence-electron chi connectivity index (χ3n) is 5.72. The number of ether oxygens (including phenoxy) is 1. The lowest BCUT2D eigenvalue weighted by Gasteiger charge is -2.37. The Bertz CT molecular complexity index is 1440. The lowest BCUT2D eigenvalue weighted by Crippen LogP contribution is -2.57. The third kappa shape index (κ3) is 6.22. The number of nitro groups is 1. The van der Waals surface area contributed by atoms with Crippen molar-refractivity contribution in [2.75, 3.05) is 23.9 Å². The molecule has 1 aliphatic heterocycles. The maximum Gasteiger partial charge on any atom is 0.337 e. The van der Waals surface area contributed by atoms with Gasteiger partial charge in [0.1, 0.15) is 23.0 Å². The second-order valence-corrected chi connectivity index (χ2v) is 8.69. The van der Waals surface area contributed by atoms with E-state index in [1.807, 2.05) is 0 Å². The highest BCUT2D eigenvalue weighted by atomic mass is 79.9. The number of amides is 3. The van der Waals surface area contributed by atoms with Gasteiger partial charge < -0.3 is 10.1 Å². The van der Waals surface area contributed by atoms with Gasteiger partial charge in [-0.1, -0.05) is 34.1 Å². The summed E-state index contributed by atoms with van der Waals surface area (Å²) in [5.74, 6) is -5.12. The van der Waals surface area contributed by atoms with E-state index in [9.17, 15) is 28.5 Å². The summed E-state index contributed by atoms with van der Waals surface area (Å²) in [5.41, 5.74) is -1.16. The van der Waals surface area contributed by atoms with Gasteiger partial charge in [0.15, 0.2) is 11.6 Å². The van der Waals surface area contributed by atoms with E-state index in [4.69, 9.17) is 10.1 Å². The Hall–Kier alpha value is -4.46. The lowest BCUT2D eigenvalue weighted by atomic mass is 10.0. The molecule has 0 spiro atoms. The van der Waals surface area contributed by atoms with E-state index in [2.05, 4.69) is 21.2 Å². The quantitative estimate of drug-likeness (QED) is 0.126. The summed E-state index contributed by atoms with van der Waals surface area (Å²) >= 11 is 3.23. The van der Waals surface area contributed by atoms with Crippen LogP contribution in [0.25, 0.3) is 0 Å². The van der Waals surface area contributed by atoms with Crippen LogP contribution in [-0.4, -0.2) is 46.6 Å². The van der Waals surface area contributed by atoms with Gasteiger partial charge in [-0.25, -0.2) is 22.9 Å². The van der Waals surface area contributed by atoms with Crippen LogP contribution >= 0.6 is 15.9 Å². The Morgan fingerprint density at radius 3 is 2.40 bits per heavy atom. The number of nitrogens with one attached hydrogen (secondary N) is 2. The summed E-state index contributed by atoms with van der Waals surface area (Å²) in [7, 11) is 1.19. The van der Waals surface area contributed by atoms with E-state index in [0.717, 1.165) is 24.3 Å². The first-order valence-corrected chi connectivity index (χ1v) is 12.7. The molecule has 0 bridgehead atoms. The third-order valence-corrected chi connectivity index (χ3v) is 6.28. The molecule has 0 aliphatic carbocycles. The molecule has 1 aliphatic rings. The molecule has 14 heteroatoms. The highest BCUT2D eigenvalue weighted by Gasteiger charge is 2.44. The van der Waals surface area contributed by atoms with Gasteiger partial charge in [-0.2, -0.15) is 0 Å². The Labute approximate surface area is 235 Å². The lowest BCUT2D eigenvalue weighted by molar-refractivity contribution is -0.468. The van der Waals surface area contributed by atoms with Gasteiger partial charge >= 0.3 is 6.03 Å². The van der Waals surface area contributed by atoms with Crippen molar-refractivity contribution in [1.29, 1.82) is 5.41 Å². The monoisotopic (exact) mass is 621 g/mol. The number of urea groups is 1. The topological polar surface area (TPSA) is 129 Å². The van der Waals surface area contributed by atoms with Crippen molar-refractivity contribution in [3.05, 3.63) is 105 Å². The van der Waals surface area contributed by atoms with Crippen LogP contribution in [0.15, 0.2) is 71.6 Å². The zero-order valence-electron chi connectivity index (χ0n) is 21.2. The molecule has 210 valence electrons. The molecule has 0 radical (unpaired) electrons. The molecule has 40 heavy (non-hydrogen) atoms. The van der Waals surface area contributed by atoms with Crippen molar-refractivity contribution >= 4 is 39.4 Å². The molecule has 3 rings (SSSR count). The molecule has 2 aromatic rings. The number of methoxy groups -OCH3 is 1. The molecule has 1 fully saturated rings. The summed E-state index contributed by atoms with van der Waals surface area (Å²) in [6.45, 7) is 0.343. The Morgan fingerprint density at radius 2 is 1.82 bits per heavy atom. The van der Waals surface area contributed by atoms with Gasteiger partial charge in [0, 0.05) is 27.2 Å². The van der Waals surface area contributed by atoms with Crippen LogP contribution in [-0.2, 0) is 11.3 Å². The average molecular weight is 622 g/mol.